The summed E-state index contributed by atoms with van der Waals surface area (Å²) in [5.74, 6) is 2.67. The zero-order chi connectivity index (χ0) is 19.9. The number of hydrogen-bond acceptors (Lipinski definition) is 4. The molecule has 3 rings (SSSR count). The number of carbonyl (C=O) groups excluding carboxylic acids is 1. The Hall–Kier alpha value is -1.36. The Labute approximate surface area is 191 Å². The maximum Gasteiger partial charge on any atom is 0.234 e. The van der Waals surface area contributed by atoms with Crippen molar-refractivity contribution in [3.63, 3.8) is 0 Å². The summed E-state index contributed by atoms with van der Waals surface area (Å²) >= 11 is 0. The molecule has 2 N–H and O–H groups in total. The Balaban J connectivity index is 0.00000300. The summed E-state index contributed by atoms with van der Waals surface area (Å²) in [6.07, 6.45) is 6.16. The number of aliphatic imine (C=N–C) groups is 1. The van der Waals surface area contributed by atoms with Gasteiger partial charge in [-0.25, -0.2) is 9.98 Å². The van der Waals surface area contributed by atoms with Gasteiger partial charge in [0.05, 0.1) is 6.54 Å². The van der Waals surface area contributed by atoms with E-state index >= 15 is 0 Å². The molecule has 2 aliphatic rings. The van der Waals surface area contributed by atoms with E-state index < -0.39 is 0 Å². The molecule has 164 valence electrons. The molecular formula is C20H36IN7O. The standard InChI is InChI=1S/C20H35N7O.HI/c1-4-21-20(23-13-18-22-7-8-27(18)14-16(2)3)26-11-9-25(10-12-26)15-19(28)24-17-5-6-17;/h7-8,16-17H,4-6,9-15H2,1-3H3,(H,21,23)(H,24,28);1H. The van der Waals surface area contributed by atoms with Crippen molar-refractivity contribution in [2.75, 3.05) is 39.3 Å². The number of rotatable bonds is 8. The smallest absolute Gasteiger partial charge is 0.234 e. The fourth-order valence-electron chi connectivity index (χ4n) is 3.44. The molecule has 0 spiro atoms. The van der Waals surface area contributed by atoms with Gasteiger partial charge in [-0.2, -0.15) is 0 Å². The van der Waals surface area contributed by atoms with Gasteiger partial charge in [-0.1, -0.05) is 13.8 Å². The zero-order valence-electron chi connectivity index (χ0n) is 17.9. The van der Waals surface area contributed by atoms with Crippen molar-refractivity contribution in [3.8, 4) is 0 Å². The van der Waals surface area contributed by atoms with Crippen LogP contribution in [0.25, 0.3) is 0 Å². The van der Waals surface area contributed by atoms with Crippen LogP contribution in [0.5, 0.6) is 0 Å². The molecule has 8 nitrogen and oxygen atoms in total. The van der Waals surface area contributed by atoms with Crippen LogP contribution in [-0.2, 0) is 17.9 Å². The van der Waals surface area contributed by atoms with E-state index in [1.807, 2.05) is 12.4 Å². The van der Waals surface area contributed by atoms with Crippen molar-refractivity contribution in [2.24, 2.45) is 10.9 Å². The first kappa shape index (κ1) is 23.9. The zero-order valence-corrected chi connectivity index (χ0v) is 20.3. The fourth-order valence-corrected chi connectivity index (χ4v) is 3.44. The van der Waals surface area contributed by atoms with E-state index in [0.717, 1.165) is 63.9 Å². The molecule has 9 heteroatoms. The summed E-state index contributed by atoms with van der Waals surface area (Å²) in [7, 11) is 0. The van der Waals surface area contributed by atoms with Gasteiger partial charge in [-0.15, -0.1) is 24.0 Å². The average molecular weight is 517 g/mol. The van der Waals surface area contributed by atoms with Gasteiger partial charge in [0.15, 0.2) is 5.96 Å². The minimum Gasteiger partial charge on any atom is -0.357 e. The van der Waals surface area contributed by atoms with Crippen LogP contribution in [0.3, 0.4) is 0 Å². The summed E-state index contributed by atoms with van der Waals surface area (Å²) in [5, 5.41) is 6.48. The topological polar surface area (TPSA) is 77.8 Å². The normalized spacial score (nSPS) is 17.9. The molecule has 0 bridgehead atoms. The van der Waals surface area contributed by atoms with Crippen molar-refractivity contribution in [2.45, 2.75) is 52.7 Å². The molecule has 29 heavy (non-hydrogen) atoms. The molecule has 1 saturated heterocycles. The van der Waals surface area contributed by atoms with Crippen LogP contribution in [-0.4, -0.2) is 76.5 Å². The third-order valence-corrected chi connectivity index (χ3v) is 5.05. The molecule has 1 amide bonds. The number of nitrogens with one attached hydrogen (secondary N) is 2. The van der Waals surface area contributed by atoms with Crippen LogP contribution < -0.4 is 10.6 Å². The number of guanidine groups is 1. The first-order chi connectivity index (χ1) is 13.5. The van der Waals surface area contributed by atoms with Crippen LogP contribution in [0.2, 0.25) is 0 Å². The van der Waals surface area contributed by atoms with Crippen molar-refractivity contribution in [1.29, 1.82) is 0 Å². The highest BCUT2D eigenvalue weighted by atomic mass is 127. The lowest BCUT2D eigenvalue weighted by atomic mass is 10.2. The predicted molar refractivity (Wildman–Crippen MR) is 126 cm³/mol. The van der Waals surface area contributed by atoms with Gasteiger partial charge in [-0.05, 0) is 25.7 Å². The molecule has 1 aliphatic heterocycles. The van der Waals surface area contributed by atoms with E-state index in [0.29, 0.717) is 25.0 Å². The highest BCUT2D eigenvalue weighted by Gasteiger charge is 2.26. The Morgan fingerprint density at radius 3 is 2.62 bits per heavy atom. The number of halogens is 1. The van der Waals surface area contributed by atoms with Crippen LogP contribution in [0.1, 0.15) is 39.4 Å². The third kappa shape index (κ3) is 7.76. The number of piperazine rings is 1. The van der Waals surface area contributed by atoms with Crippen molar-refractivity contribution >= 4 is 35.8 Å². The van der Waals surface area contributed by atoms with Crippen molar-refractivity contribution in [1.82, 2.24) is 30.0 Å². The lowest BCUT2D eigenvalue weighted by Crippen LogP contribution is -2.54. The average Bonchev–Trinajstić information content (AvgIpc) is 3.36. The SMILES string of the molecule is CCNC(=NCc1nccn1CC(C)C)N1CCN(CC(=O)NC2CC2)CC1.I. The van der Waals surface area contributed by atoms with Crippen LogP contribution in [0.15, 0.2) is 17.4 Å². The third-order valence-electron chi connectivity index (χ3n) is 5.05. The van der Waals surface area contributed by atoms with Gasteiger partial charge in [-0.3, -0.25) is 9.69 Å². The number of carbonyl (C=O) groups is 1. The first-order valence-corrected chi connectivity index (χ1v) is 10.6. The second kappa shape index (κ2) is 11.7. The maximum atomic E-state index is 12.0. The maximum absolute atomic E-state index is 12.0. The number of nitrogens with zero attached hydrogens (tertiary/aromatic N) is 5. The van der Waals surface area contributed by atoms with Crippen LogP contribution >= 0.6 is 24.0 Å². The molecule has 0 atom stereocenters. The summed E-state index contributed by atoms with van der Waals surface area (Å²) in [6.45, 7) is 12.9. The summed E-state index contributed by atoms with van der Waals surface area (Å²) in [6, 6.07) is 0.435. The number of imidazole rings is 1. The van der Waals surface area contributed by atoms with Gasteiger partial charge < -0.3 is 20.1 Å². The molecule has 0 radical (unpaired) electrons. The first-order valence-electron chi connectivity index (χ1n) is 10.6. The molecule has 0 aromatic carbocycles. The van der Waals surface area contributed by atoms with Crippen molar-refractivity contribution in [3.05, 3.63) is 18.2 Å². The largest absolute Gasteiger partial charge is 0.357 e. The van der Waals surface area contributed by atoms with E-state index in [4.69, 9.17) is 4.99 Å². The van der Waals surface area contributed by atoms with E-state index in [1.165, 1.54) is 0 Å². The highest BCUT2D eigenvalue weighted by molar-refractivity contribution is 14.0. The molecule has 0 unspecified atom stereocenters. The minimum absolute atomic E-state index is 0. The van der Waals surface area contributed by atoms with E-state index in [2.05, 4.69) is 50.8 Å². The molecule has 1 saturated carbocycles. The Kier molecular flexibility index (Phi) is 9.67. The van der Waals surface area contributed by atoms with Crippen molar-refractivity contribution < 1.29 is 4.79 Å². The molecule has 2 fully saturated rings. The second-order valence-electron chi connectivity index (χ2n) is 8.16. The second-order valence-corrected chi connectivity index (χ2v) is 8.16. The van der Waals surface area contributed by atoms with Gasteiger partial charge >= 0.3 is 0 Å². The predicted octanol–water partition coefficient (Wildman–Crippen LogP) is 1.52. The molecule has 1 aliphatic carbocycles. The Morgan fingerprint density at radius 1 is 1.28 bits per heavy atom. The van der Waals surface area contributed by atoms with Crippen LogP contribution in [0.4, 0.5) is 0 Å². The van der Waals surface area contributed by atoms with Gasteiger partial charge in [0, 0.05) is 57.7 Å². The number of aromatic nitrogens is 2. The van der Waals surface area contributed by atoms with E-state index in [-0.39, 0.29) is 29.9 Å². The van der Waals surface area contributed by atoms with E-state index in [9.17, 15) is 4.79 Å². The summed E-state index contributed by atoms with van der Waals surface area (Å²) in [4.78, 5) is 25.8. The molecule has 1 aromatic heterocycles. The van der Waals surface area contributed by atoms with Crippen LogP contribution in [0, 0.1) is 5.92 Å². The highest BCUT2D eigenvalue weighted by Crippen LogP contribution is 2.18. The summed E-state index contributed by atoms with van der Waals surface area (Å²) in [5.41, 5.74) is 0. The lowest BCUT2D eigenvalue weighted by Gasteiger charge is -2.36. The van der Waals surface area contributed by atoms with Gasteiger partial charge in [0.2, 0.25) is 5.91 Å². The molecular weight excluding hydrogens is 481 g/mol. The number of amides is 1. The van der Waals surface area contributed by atoms with Gasteiger partial charge in [0.1, 0.15) is 12.4 Å². The Morgan fingerprint density at radius 2 is 2.00 bits per heavy atom. The van der Waals surface area contributed by atoms with E-state index in [1.54, 1.807) is 0 Å². The molecule has 2 heterocycles. The van der Waals surface area contributed by atoms with Gasteiger partial charge in [0.25, 0.3) is 0 Å². The Bertz CT molecular complexity index is 664. The monoisotopic (exact) mass is 517 g/mol. The fraction of sp³-hybridized carbons (Fsp3) is 0.750. The lowest BCUT2D eigenvalue weighted by molar-refractivity contribution is -0.122. The molecule has 1 aromatic rings. The quantitative estimate of drug-likeness (QED) is 0.311. The number of hydrogen-bond donors (Lipinski definition) is 2. The summed E-state index contributed by atoms with van der Waals surface area (Å²) < 4.78 is 2.19. The minimum atomic E-state index is 0.